The number of aliphatic hydroxyl groups excluding tert-OH is 1. The van der Waals surface area contributed by atoms with Gasteiger partial charge in [0.1, 0.15) is 12.7 Å². The number of unbranched alkanes of at least 4 members (excludes halogenated alkanes) is 21. The van der Waals surface area contributed by atoms with Crippen LogP contribution in [0.4, 0.5) is 0 Å². The van der Waals surface area contributed by atoms with E-state index in [0.717, 1.165) is 70.1 Å². The average Bonchev–Trinajstić information content (AvgIpc) is 3.96. The van der Waals surface area contributed by atoms with Crippen molar-refractivity contribution in [3.63, 3.8) is 0 Å². The number of carbonyl (C=O) groups is 2. The molecule has 14 nitrogen and oxygen atoms in total. The predicted octanol–water partition coefficient (Wildman–Crippen LogP) is 11.4. The Morgan fingerprint density at radius 3 is 1.67 bits per heavy atom. The fraction of sp³-hybridized carbons (Fsp3) is 0.911. The van der Waals surface area contributed by atoms with Crippen molar-refractivity contribution >= 4 is 27.6 Å². The van der Waals surface area contributed by atoms with Crippen LogP contribution in [-0.4, -0.2) is 82.6 Å². The lowest BCUT2D eigenvalue weighted by Gasteiger charge is -2.20. The Kier molecular flexibility index (Phi) is 35.2. The molecule has 0 aliphatic carbocycles. The second-order valence-electron chi connectivity index (χ2n) is 17.3. The lowest BCUT2D eigenvalue weighted by atomic mass is 10.0. The van der Waals surface area contributed by atoms with Crippen LogP contribution in [0.3, 0.4) is 0 Å². The Bertz CT molecular complexity index is 1210. The highest BCUT2D eigenvalue weighted by molar-refractivity contribution is 7.47. The van der Waals surface area contributed by atoms with Crippen LogP contribution in [0.15, 0.2) is 12.2 Å². The van der Waals surface area contributed by atoms with Gasteiger partial charge in [-0.25, -0.2) is 9.13 Å². The molecule has 3 unspecified atom stereocenters. The monoisotopic (exact) mass is 913 g/mol. The third kappa shape index (κ3) is 39.0. The molecule has 1 aliphatic rings. The van der Waals surface area contributed by atoms with Gasteiger partial charge >= 0.3 is 27.6 Å². The number of hydrogen-bond donors (Lipinski definition) is 4. The van der Waals surface area contributed by atoms with Crippen molar-refractivity contribution < 1.29 is 66.3 Å². The highest BCUT2D eigenvalue weighted by Gasteiger charge is 2.36. The van der Waals surface area contributed by atoms with Crippen LogP contribution in [0.5, 0.6) is 0 Å². The van der Waals surface area contributed by atoms with Gasteiger partial charge in [0.25, 0.3) is 0 Å². The van der Waals surface area contributed by atoms with Gasteiger partial charge in [0.15, 0.2) is 6.10 Å². The molecule has 1 heterocycles. The lowest BCUT2D eigenvalue weighted by Crippen LogP contribution is -2.30. The summed E-state index contributed by atoms with van der Waals surface area (Å²) in [5.74, 6) is -0.224. The van der Waals surface area contributed by atoms with E-state index in [0.29, 0.717) is 25.0 Å². The van der Waals surface area contributed by atoms with Crippen LogP contribution in [-0.2, 0) is 46.5 Å². The molecule has 1 aliphatic heterocycles. The highest BCUT2D eigenvalue weighted by Crippen LogP contribution is 2.44. The molecule has 0 spiro atoms. The van der Waals surface area contributed by atoms with Crippen molar-refractivity contribution in [2.75, 3.05) is 26.4 Å². The van der Waals surface area contributed by atoms with Crippen molar-refractivity contribution in [3.05, 3.63) is 12.2 Å². The topological polar surface area (TPSA) is 208 Å². The Morgan fingerprint density at radius 1 is 0.607 bits per heavy atom. The Morgan fingerprint density at radius 2 is 1.11 bits per heavy atom. The average molecular weight is 913 g/mol. The van der Waals surface area contributed by atoms with E-state index < -0.39 is 59.6 Å². The first-order valence-corrected chi connectivity index (χ1v) is 26.9. The van der Waals surface area contributed by atoms with Crippen LogP contribution in [0.25, 0.3) is 0 Å². The third-order valence-corrected chi connectivity index (χ3v) is 12.2. The van der Waals surface area contributed by atoms with Gasteiger partial charge in [0.2, 0.25) is 0 Å². The number of phosphoric acid groups is 2. The van der Waals surface area contributed by atoms with Crippen LogP contribution in [0, 0.1) is 5.92 Å². The molecule has 360 valence electrons. The van der Waals surface area contributed by atoms with Crippen molar-refractivity contribution in [2.45, 2.75) is 231 Å². The minimum Gasteiger partial charge on any atom is -0.462 e. The molecule has 1 rings (SSSR count). The fourth-order valence-electron chi connectivity index (χ4n) is 7.01. The van der Waals surface area contributed by atoms with Gasteiger partial charge < -0.3 is 34.0 Å². The summed E-state index contributed by atoms with van der Waals surface area (Å²) in [6.07, 6.45) is 33.7. The summed E-state index contributed by atoms with van der Waals surface area (Å²) in [6.45, 7) is 4.08. The second kappa shape index (κ2) is 37.1. The number of epoxide rings is 1. The summed E-state index contributed by atoms with van der Waals surface area (Å²) in [4.78, 5) is 52.8. The molecule has 0 saturated carbocycles. The number of carbonyl (C=O) groups excluding carboxylic acids is 2. The predicted molar refractivity (Wildman–Crippen MR) is 239 cm³/mol. The molecule has 4 N–H and O–H groups in total. The first-order chi connectivity index (χ1) is 29.2. The summed E-state index contributed by atoms with van der Waals surface area (Å²) in [7, 11) is -9.68. The molecule has 1 saturated heterocycles. The summed E-state index contributed by atoms with van der Waals surface area (Å²) in [6, 6.07) is 0. The molecule has 5 atom stereocenters. The number of esters is 2. The lowest BCUT2D eigenvalue weighted by molar-refractivity contribution is -0.161. The fourth-order valence-corrected chi connectivity index (χ4v) is 8.17. The molecule has 0 amide bonds. The van der Waals surface area contributed by atoms with Crippen LogP contribution in [0.2, 0.25) is 0 Å². The zero-order valence-corrected chi connectivity index (χ0v) is 39.9. The zero-order valence-electron chi connectivity index (χ0n) is 38.1. The normalized spacial score (nSPS) is 17.4. The van der Waals surface area contributed by atoms with Crippen molar-refractivity contribution in [3.8, 4) is 0 Å². The van der Waals surface area contributed by atoms with Crippen molar-refractivity contribution in [2.24, 2.45) is 5.92 Å². The van der Waals surface area contributed by atoms with Crippen LogP contribution < -0.4 is 0 Å². The molecule has 0 aromatic rings. The van der Waals surface area contributed by atoms with Crippen molar-refractivity contribution in [1.29, 1.82) is 0 Å². The van der Waals surface area contributed by atoms with E-state index >= 15 is 0 Å². The number of aliphatic hydroxyl groups is 1. The van der Waals surface area contributed by atoms with E-state index in [9.17, 15) is 28.7 Å². The van der Waals surface area contributed by atoms with Gasteiger partial charge in [-0.15, -0.1) is 0 Å². The van der Waals surface area contributed by atoms with Crippen LogP contribution in [0.1, 0.15) is 207 Å². The molecule has 0 radical (unpaired) electrons. The number of hydrogen-bond acceptors (Lipinski definition) is 11. The maximum atomic E-state index is 12.7. The Hall–Kier alpha value is -1.18. The third-order valence-electron chi connectivity index (χ3n) is 10.7. The molecule has 0 bridgehead atoms. The van der Waals surface area contributed by atoms with E-state index in [4.69, 9.17) is 33.0 Å². The molecule has 61 heavy (non-hydrogen) atoms. The summed E-state index contributed by atoms with van der Waals surface area (Å²) in [5.41, 5.74) is 0. The Balaban J connectivity index is 2.30. The molecular weight excluding hydrogens is 826 g/mol. The molecular formula is C45H86O14P2. The van der Waals surface area contributed by atoms with Gasteiger partial charge in [-0.3, -0.25) is 23.2 Å². The summed E-state index contributed by atoms with van der Waals surface area (Å²) >= 11 is 0. The first kappa shape index (κ1) is 57.8. The number of allylic oxidation sites excluding steroid dienone is 1. The number of phosphoric ester groups is 2. The maximum Gasteiger partial charge on any atom is 0.472 e. The van der Waals surface area contributed by atoms with Gasteiger partial charge in [-0.1, -0.05) is 168 Å². The van der Waals surface area contributed by atoms with Gasteiger partial charge in [0.05, 0.1) is 32.0 Å². The van der Waals surface area contributed by atoms with Crippen molar-refractivity contribution in [1.82, 2.24) is 0 Å². The minimum absolute atomic E-state index is 0.114. The highest BCUT2D eigenvalue weighted by atomic mass is 31.2. The van der Waals surface area contributed by atoms with E-state index in [-0.39, 0.29) is 19.4 Å². The molecule has 0 aromatic heterocycles. The number of ether oxygens (including phenoxy) is 3. The number of rotatable bonds is 44. The second-order valence-corrected chi connectivity index (χ2v) is 19.9. The van der Waals surface area contributed by atoms with Gasteiger partial charge in [-0.05, 0) is 44.4 Å². The van der Waals surface area contributed by atoms with Gasteiger partial charge in [-0.2, -0.15) is 0 Å². The zero-order chi connectivity index (χ0) is 45.0. The van der Waals surface area contributed by atoms with E-state index in [1.807, 2.05) is 0 Å². The minimum atomic E-state index is -4.86. The molecule has 1 fully saturated rings. The summed E-state index contributed by atoms with van der Waals surface area (Å²) < 4.78 is 53.6. The van der Waals surface area contributed by atoms with E-state index in [2.05, 4.69) is 37.4 Å². The largest absolute Gasteiger partial charge is 0.472 e. The Labute approximate surface area is 368 Å². The maximum absolute atomic E-state index is 12.7. The SMILES string of the molecule is CCCCCC1OC1C/C=C\CCCCCCCC(=O)O[C@H](COC(=O)CCCCCCCCCCCCCCCCCC(C)C)COP(=O)(O)OC[C@@H](O)COP(=O)(O)O. The first-order valence-electron chi connectivity index (χ1n) is 23.9. The van der Waals surface area contributed by atoms with Gasteiger partial charge in [0, 0.05) is 12.8 Å². The summed E-state index contributed by atoms with van der Waals surface area (Å²) in [5, 5.41) is 9.76. The smallest absolute Gasteiger partial charge is 0.462 e. The quantitative estimate of drug-likeness (QED) is 0.0147. The standard InChI is InChI=1S/C45H86O14P2/c1-4-5-25-31-42-43(59-42)32-27-22-18-15-16-20-24-29-34-45(48)58-41(38-57-61(52,53)56-36-40(46)35-55-60(49,50)51)37-54-44(47)33-28-23-19-14-12-10-8-6-7-9-11-13-17-21-26-30-39(2)3/h22,27,39-43,46H,4-21,23-26,28-38H2,1-3H3,(H,52,53)(H2,49,50,51)/b27-22-/t40-,41+,42?,43?/m0/s1. The van der Waals surface area contributed by atoms with E-state index in [1.165, 1.54) is 96.3 Å². The molecule has 0 aromatic carbocycles. The van der Waals surface area contributed by atoms with Crippen LogP contribution >= 0.6 is 15.6 Å². The molecule has 16 heteroatoms. The van der Waals surface area contributed by atoms with E-state index in [1.54, 1.807) is 0 Å².